The molecule has 2 unspecified atom stereocenters. The first kappa shape index (κ1) is 17.9. The van der Waals surface area contributed by atoms with Crippen LogP contribution in [0.2, 0.25) is 0 Å². The topological polar surface area (TPSA) is 91.0 Å². The molecule has 0 radical (unpaired) electrons. The molecule has 7 heteroatoms. The van der Waals surface area contributed by atoms with Gasteiger partial charge in [0.05, 0.1) is 30.4 Å². The fourth-order valence-electron chi connectivity index (χ4n) is 3.88. The Labute approximate surface area is 164 Å². The van der Waals surface area contributed by atoms with Gasteiger partial charge in [-0.05, 0) is 39.7 Å². The monoisotopic (exact) mass is 430 g/mol. The van der Waals surface area contributed by atoms with E-state index in [4.69, 9.17) is 9.47 Å². The summed E-state index contributed by atoms with van der Waals surface area (Å²) in [4.78, 5) is 15.2. The summed E-state index contributed by atoms with van der Waals surface area (Å²) in [6.45, 7) is 0. The zero-order valence-electron chi connectivity index (χ0n) is 14.9. The number of benzene rings is 2. The maximum Gasteiger partial charge on any atom is 0.174 e. The molecule has 1 aliphatic rings. The summed E-state index contributed by atoms with van der Waals surface area (Å²) in [5.74, 6) is 0.129. The second-order valence-corrected chi connectivity index (χ2v) is 7.46. The van der Waals surface area contributed by atoms with Crippen LogP contribution in [0.15, 0.2) is 40.9 Å². The number of ether oxygens (including phenoxy) is 2. The van der Waals surface area contributed by atoms with E-state index in [1.54, 1.807) is 14.2 Å². The molecular weight excluding hydrogens is 412 g/mol. The fourth-order valence-corrected chi connectivity index (χ4v) is 4.50. The van der Waals surface area contributed by atoms with Crippen LogP contribution in [0.25, 0.3) is 10.9 Å². The molecule has 1 aliphatic heterocycles. The Morgan fingerprint density at radius 3 is 2.74 bits per heavy atom. The van der Waals surface area contributed by atoms with E-state index in [1.807, 2.05) is 41.7 Å². The number of nitrogens with two attached hydrogens (primary N) is 1. The van der Waals surface area contributed by atoms with Crippen molar-refractivity contribution in [2.45, 2.75) is 18.5 Å². The molecule has 0 amide bonds. The van der Waals surface area contributed by atoms with E-state index >= 15 is 0 Å². The Balaban J connectivity index is 1.90. The van der Waals surface area contributed by atoms with Gasteiger partial charge in [0, 0.05) is 22.9 Å². The number of hydrogen-bond acceptors (Lipinski definition) is 4. The Bertz CT molecular complexity index is 1030. The maximum absolute atomic E-state index is 11.7. The molecule has 0 bridgehead atoms. The smallest absolute Gasteiger partial charge is 0.174 e. The summed E-state index contributed by atoms with van der Waals surface area (Å²) >= 11 is 3.53. The van der Waals surface area contributed by atoms with E-state index in [-0.39, 0.29) is 6.04 Å². The lowest BCUT2D eigenvalue weighted by Gasteiger charge is -2.29. The zero-order chi connectivity index (χ0) is 19.1. The molecule has 0 saturated carbocycles. The summed E-state index contributed by atoms with van der Waals surface area (Å²) in [6.07, 6.45) is 0.423. The van der Waals surface area contributed by atoms with Crippen molar-refractivity contribution >= 4 is 32.8 Å². The SMILES string of the molecule is COc1cc(C2[NH2+]C(C(=O)[O-])Cc3c2[nH]c2ccccc32)cc(Br)c1OC. The van der Waals surface area contributed by atoms with Crippen molar-refractivity contribution in [3.63, 3.8) is 0 Å². The predicted octanol–water partition coefficient (Wildman–Crippen LogP) is 1.28. The summed E-state index contributed by atoms with van der Waals surface area (Å²) in [5, 5.41) is 14.6. The number of H-pyrrole nitrogens is 1. The van der Waals surface area contributed by atoms with Crippen molar-refractivity contribution in [3.05, 3.63) is 57.7 Å². The van der Waals surface area contributed by atoms with Gasteiger partial charge >= 0.3 is 0 Å². The Kier molecular flexibility index (Phi) is 4.57. The van der Waals surface area contributed by atoms with E-state index < -0.39 is 12.0 Å². The molecule has 4 rings (SSSR count). The molecule has 2 aromatic carbocycles. The van der Waals surface area contributed by atoms with Crippen molar-refractivity contribution in [3.8, 4) is 11.5 Å². The van der Waals surface area contributed by atoms with Gasteiger partial charge < -0.3 is 29.7 Å². The summed E-state index contributed by atoms with van der Waals surface area (Å²) in [7, 11) is 3.16. The van der Waals surface area contributed by atoms with Gasteiger partial charge in [0.2, 0.25) is 0 Å². The first-order valence-corrected chi connectivity index (χ1v) is 9.39. The van der Waals surface area contributed by atoms with Crippen molar-refractivity contribution in [2.75, 3.05) is 14.2 Å². The summed E-state index contributed by atoms with van der Waals surface area (Å²) in [6, 6.07) is 10.9. The lowest BCUT2D eigenvalue weighted by Crippen LogP contribution is -2.95. The van der Waals surface area contributed by atoms with Gasteiger partial charge in [0.15, 0.2) is 17.5 Å². The minimum absolute atomic E-state index is 0.222. The van der Waals surface area contributed by atoms with Gasteiger partial charge in [-0.3, -0.25) is 0 Å². The van der Waals surface area contributed by atoms with E-state index in [1.165, 1.54) is 0 Å². The number of rotatable bonds is 4. The standard InChI is InChI=1S/C20H19BrN2O4/c1-26-16-8-10(7-13(21)19(16)27-2)17-18-12(9-15(23-17)20(24)25)11-5-3-4-6-14(11)22-18/h3-8,15,17,22-23H,9H2,1-2H3,(H,24,25). The number of aromatic nitrogens is 1. The summed E-state index contributed by atoms with van der Waals surface area (Å²) in [5.41, 5.74) is 3.95. The molecule has 2 atom stereocenters. The third-order valence-electron chi connectivity index (χ3n) is 5.12. The first-order valence-electron chi connectivity index (χ1n) is 8.60. The molecule has 3 aromatic rings. The number of aliphatic carboxylic acids is 1. The predicted molar refractivity (Wildman–Crippen MR) is 102 cm³/mol. The number of quaternary nitrogens is 1. The van der Waals surface area contributed by atoms with Crippen LogP contribution in [0.5, 0.6) is 11.5 Å². The summed E-state index contributed by atoms with van der Waals surface area (Å²) < 4.78 is 11.6. The van der Waals surface area contributed by atoms with Crippen LogP contribution in [-0.4, -0.2) is 31.2 Å². The Morgan fingerprint density at radius 2 is 2.04 bits per heavy atom. The molecular formula is C20H19BrN2O4. The number of methoxy groups -OCH3 is 2. The third kappa shape index (κ3) is 2.96. The van der Waals surface area contributed by atoms with Crippen LogP contribution in [0.1, 0.15) is 22.9 Å². The number of carbonyl (C=O) groups excluding carboxylic acids is 1. The van der Waals surface area contributed by atoms with Gasteiger partial charge in [-0.25, -0.2) is 0 Å². The van der Waals surface area contributed by atoms with Gasteiger partial charge in [0.1, 0.15) is 6.04 Å². The minimum Gasteiger partial charge on any atom is -0.544 e. The molecule has 0 saturated heterocycles. The first-order chi connectivity index (χ1) is 13.0. The van der Waals surface area contributed by atoms with Crippen LogP contribution in [-0.2, 0) is 11.2 Å². The highest BCUT2D eigenvalue weighted by Gasteiger charge is 2.35. The molecule has 0 fully saturated rings. The normalized spacial score (nSPS) is 18.9. The quantitative estimate of drug-likeness (QED) is 0.651. The number of carbonyl (C=O) groups is 1. The molecule has 6 nitrogen and oxygen atoms in total. The number of fused-ring (bicyclic) bond motifs is 3. The largest absolute Gasteiger partial charge is 0.544 e. The molecule has 2 heterocycles. The van der Waals surface area contributed by atoms with Crippen molar-refractivity contribution in [1.29, 1.82) is 0 Å². The average Bonchev–Trinajstić information content (AvgIpc) is 3.05. The minimum atomic E-state index is -1.06. The lowest BCUT2D eigenvalue weighted by molar-refractivity contribution is -0.717. The molecule has 27 heavy (non-hydrogen) atoms. The zero-order valence-corrected chi connectivity index (χ0v) is 16.5. The molecule has 3 N–H and O–H groups in total. The number of aromatic amines is 1. The molecule has 0 aliphatic carbocycles. The third-order valence-corrected chi connectivity index (χ3v) is 5.71. The van der Waals surface area contributed by atoms with Gasteiger partial charge in [0.25, 0.3) is 0 Å². The van der Waals surface area contributed by atoms with Crippen LogP contribution >= 0.6 is 15.9 Å². The highest BCUT2D eigenvalue weighted by molar-refractivity contribution is 9.10. The number of carboxylic acid groups (broad SMARTS) is 1. The van der Waals surface area contributed by atoms with E-state index in [2.05, 4.69) is 20.9 Å². The van der Waals surface area contributed by atoms with Crippen molar-refractivity contribution in [1.82, 2.24) is 4.98 Å². The Hall–Kier alpha value is -2.51. The number of halogens is 1. The molecule has 140 valence electrons. The fraction of sp³-hybridized carbons (Fsp3) is 0.250. The number of hydrogen-bond donors (Lipinski definition) is 2. The van der Waals surface area contributed by atoms with Gasteiger partial charge in [-0.15, -0.1) is 0 Å². The van der Waals surface area contributed by atoms with Crippen molar-refractivity contribution < 1.29 is 24.7 Å². The van der Waals surface area contributed by atoms with E-state index in [0.29, 0.717) is 17.9 Å². The molecule has 0 spiro atoms. The Morgan fingerprint density at radius 1 is 1.26 bits per heavy atom. The number of carboxylic acids is 1. The number of para-hydroxylation sites is 1. The van der Waals surface area contributed by atoms with Gasteiger partial charge in [-0.2, -0.15) is 0 Å². The lowest BCUT2D eigenvalue weighted by atomic mass is 9.90. The van der Waals surface area contributed by atoms with E-state index in [9.17, 15) is 9.90 Å². The maximum atomic E-state index is 11.7. The van der Waals surface area contributed by atoms with Gasteiger partial charge in [-0.1, -0.05) is 18.2 Å². The second kappa shape index (κ2) is 6.90. The number of nitrogens with one attached hydrogen (secondary N) is 1. The van der Waals surface area contributed by atoms with Crippen LogP contribution < -0.4 is 19.9 Å². The van der Waals surface area contributed by atoms with Crippen LogP contribution in [0, 0.1) is 0 Å². The molecule has 1 aromatic heterocycles. The van der Waals surface area contributed by atoms with Crippen LogP contribution in [0.4, 0.5) is 0 Å². The highest BCUT2D eigenvalue weighted by Crippen LogP contribution is 2.40. The van der Waals surface area contributed by atoms with E-state index in [0.717, 1.165) is 32.2 Å². The highest BCUT2D eigenvalue weighted by atomic mass is 79.9. The van der Waals surface area contributed by atoms with Crippen molar-refractivity contribution in [2.24, 2.45) is 0 Å². The van der Waals surface area contributed by atoms with Crippen LogP contribution in [0.3, 0.4) is 0 Å². The average molecular weight is 431 g/mol. The second-order valence-electron chi connectivity index (χ2n) is 6.60.